The molecule has 0 aliphatic heterocycles. The summed E-state index contributed by atoms with van der Waals surface area (Å²) in [6.45, 7) is 0. The highest BCUT2D eigenvalue weighted by Crippen LogP contribution is 2.26. The van der Waals surface area contributed by atoms with E-state index in [0.717, 1.165) is 6.42 Å². The summed E-state index contributed by atoms with van der Waals surface area (Å²) < 4.78 is 12.7. The van der Waals surface area contributed by atoms with Gasteiger partial charge in [0.25, 0.3) is 5.91 Å². The van der Waals surface area contributed by atoms with Crippen molar-refractivity contribution in [3.8, 4) is 0 Å². The van der Waals surface area contributed by atoms with E-state index in [1.54, 1.807) is 0 Å². The molecule has 96 valence electrons. The van der Waals surface area contributed by atoms with Gasteiger partial charge in [-0.2, -0.15) is 0 Å². The minimum Gasteiger partial charge on any atom is -0.481 e. The molecule has 0 saturated heterocycles. The minimum atomic E-state index is -0.878. The van der Waals surface area contributed by atoms with Crippen molar-refractivity contribution in [2.24, 2.45) is 5.92 Å². The van der Waals surface area contributed by atoms with Crippen LogP contribution in [0.15, 0.2) is 24.3 Å². The molecule has 1 aromatic rings. The summed E-state index contributed by atoms with van der Waals surface area (Å²) >= 11 is 0. The van der Waals surface area contributed by atoms with E-state index in [0.29, 0.717) is 18.4 Å². The van der Waals surface area contributed by atoms with Crippen molar-refractivity contribution in [1.29, 1.82) is 0 Å². The maximum atomic E-state index is 12.7. The molecule has 1 aromatic carbocycles. The van der Waals surface area contributed by atoms with Gasteiger partial charge in [0.05, 0.1) is 5.92 Å². The van der Waals surface area contributed by atoms with Gasteiger partial charge in [-0.05, 0) is 37.1 Å². The van der Waals surface area contributed by atoms with Crippen LogP contribution >= 0.6 is 0 Å². The summed E-state index contributed by atoms with van der Waals surface area (Å²) in [6, 6.07) is 4.85. The number of carboxylic acids is 1. The molecule has 1 amide bonds. The van der Waals surface area contributed by atoms with Crippen molar-refractivity contribution >= 4 is 11.9 Å². The Morgan fingerprint density at radius 3 is 2.50 bits per heavy atom. The van der Waals surface area contributed by atoms with Crippen LogP contribution in [0.3, 0.4) is 0 Å². The van der Waals surface area contributed by atoms with Crippen molar-refractivity contribution in [2.75, 3.05) is 0 Å². The predicted octanol–water partition coefficient (Wildman–Crippen LogP) is 1.81. The van der Waals surface area contributed by atoms with Crippen LogP contribution in [0.25, 0.3) is 0 Å². The van der Waals surface area contributed by atoms with E-state index in [-0.39, 0.29) is 11.9 Å². The first-order chi connectivity index (χ1) is 8.58. The quantitative estimate of drug-likeness (QED) is 0.861. The molecule has 2 rings (SSSR count). The number of carboxylic acid groups (broad SMARTS) is 1. The Hall–Kier alpha value is -1.91. The number of rotatable bonds is 3. The molecule has 18 heavy (non-hydrogen) atoms. The zero-order valence-corrected chi connectivity index (χ0v) is 9.73. The highest BCUT2D eigenvalue weighted by atomic mass is 19.1. The number of nitrogens with one attached hydrogen (secondary N) is 1. The van der Waals surface area contributed by atoms with Gasteiger partial charge in [0.15, 0.2) is 0 Å². The minimum absolute atomic E-state index is 0.333. The summed E-state index contributed by atoms with van der Waals surface area (Å²) in [7, 11) is 0. The molecule has 2 N–H and O–H groups in total. The summed E-state index contributed by atoms with van der Waals surface area (Å²) in [4.78, 5) is 22.8. The van der Waals surface area contributed by atoms with Gasteiger partial charge in [0.1, 0.15) is 5.82 Å². The van der Waals surface area contributed by atoms with E-state index in [4.69, 9.17) is 5.11 Å². The third kappa shape index (κ3) is 2.67. The lowest BCUT2D eigenvalue weighted by molar-refractivity contribution is -0.142. The first-order valence-electron chi connectivity index (χ1n) is 5.87. The fourth-order valence-corrected chi connectivity index (χ4v) is 2.28. The maximum absolute atomic E-state index is 12.7. The number of hydrogen-bond acceptors (Lipinski definition) is 2. The van der Waals surface area contributed by atoms with Crippen LogP contribution in [0.5, 0.6) is 0 Å². The molecule has 2 atom stereocenters. The van der Waals surface area contributed by atoms with Crippen LogP contribution < -0.4 is 5.32 Å². The fourth-order valence-electron chi connectivity index (χ4n) is 2.28. The van der Waals surface area contributed by atoms with Crippen LogP contribution in [0.1, 0.15) is 29.6 Å². The molecule has 2 unspecified atom stereocenters. The Kier molecular flexibility index (Phi) is 3.60. The summed E-state index contributed by atoms with van der Waals surface area (Å²) in [5.41, 5.74) is 0.340. The van der Waals surface area contributed by atoms with Crippen LogP contribution in [0.4, 0.5) is 4.39 Å². The van der Waals surface area contributed by atoms with Crippen molar-refractivity contribution in [3.05, 3.63) is 35.6 Å². The Balaban J connectivity index is 2.03. The Morgan fingerprint density at radius 2 is 1.89 bits per heavy atom. The second-order valence-electron chi connectivity index (χ2n) is 4.46. The second kappa shape index (κ2) is 5.16. The molecule has 1 fully saturated rings. The van der Waals surface area contributed by atoms with Gasteiger partial charge < -0.3 is 10.4 Å². The van der Waals surface area contributed by atoms with Crippen LogP contribution in [0, 0.1) is 11.7 Å². The summed E-state index contributed by atoms with van der Waals surface area (Å²) in [5, 5.41) is 11.7. The van der Waals surface area contributed by atoms with E-state index in [2.05, 4.69) is 5.32 Å². The molecular weight excluding hydrogens is 237 g/mol. The van der Waals surface area contributed by atoms with Crippen LogP contribution in [-0.2, 0) is 4.79 Å². The van der Waals surface area contributed by atoms with Gasteiger partial charge in [-0.15, -0.1) is 0 Å². The van der Waals surface area contributed by atoms with Crippen LogP contribution in [-0.4, -0.2) is 23.0 Å². The van der Waals surface area contributed by atoms with E-state index in [1.165, 1.54) is 24.3 Å². The number of benzene rings is 1. The smallest absolute Gasteiger partial charge is 0.308 e. The molecule has 1 saturated carbocycles. The average molecular weight is 251 g/mol. The fraction of sp³-hybridized carbons (Fsp3) is 0.385. The molecule has 5 heteroatoms. The van der Waals surface area contributed by atoms with Gasteiger partial charge in [-0.25, -0.2) is 4.39 Å². The molecule has 0 spiro atoms. The number of hydrogen-bond donors (Lipinski definition) is 2. The number of halogens is 1. The topological polar surface area (TPSA) is 66.4 Å². The van der Waals surface area contributed by atoms with Crippen molar-refractivity contribution in [3.63, 3.8) is 0 Å². The van der Waals surface area contributed by atoms with Crippen LogP contribution in [0.2, 0.25) is 0 Å². The first kappa shape index (κ1) is 12.5. The van der Waals surface area contributed by atoms with Gasteiger partial charge in [0.2, 0.25) is 0 Å². The van der Waals surface area contributed by atoms with E-state index < -0.39 is 17.7 Å². The number of carbonyl (C=O) groups is 2. The van der Waals surface area contributed by atoms with Gasteiger partial charge in [-0.3, -0.25) is 9.59 Å². The third-order valence-electron chi connectivity index (χ3n) is 3.26. The van der Waals surface area contributed by atoms with E-state index in [1.807, 2.05) is 0 Å². The van der Waals surface area contributed by atoms with Gasteiger partial charge >= 0.3 is 5.97 Å². The Morgan fingerprint density at radius 1 is 1.22 bits per heavy atom. The molecule has 0 radical (unpaired) electrons. The lowest BCUT2D eigenvalue weighted by atomic mass is 10.0. The lowest BCUT2D eigenvalue weighted by Gasteiger charge is -2.17. The highest BCUT2D eigenvalue weighted by Gasteiger charge is 2.33. The lowest BCUT2D eigenvalue weighted by Crippen LogP contribution is -2.40. The van der Waals surface area contributed by atoms with E-state index in [9.17, 15) is 14.0 Å². The maximum Gasteiger partial charge on any atom is 0.308 e. The van der Waals surface area contributed by atoms with Crippen molar-refractivity contribution in [1.82, 2.24) is 5.32 Å². The molecular formula is C13H14FNO3. The average Bonchev–Trinajstić information content (AvgIpc) is 2.78. The summed E-state index contributed by atoms with van der Waals surface area (Å²) in [5.74, 6) is -2.16. The summed E-state index contributed by atoms with van der Waals surface area (Å²) in [6.07, 6.45) is 2.05. The standard InChI is InChI=1S/C13H14FNO3/c14-9-6-4-8(5-7-9)12(16)15-11-3-1-2-10(11)13(17)18/h4-7,10-11H,1-3H2,(H,15,16)(H,17,18). The van der Waals surface area contributed by atoms with Crippen molar-refractivity contribution < 1.29 is 19.1 Å². The predicted molar refractivity (Wildman–Crippen MR) is 62.6 cm³/mol. The highest BCUT2D eigenvalue weighted by molar-refractivity contribution is 5.94. The molecule has 0 bridgehead atoms. The molecule has 4 nitrogen and oxygen atoms in total. The number of amides is 1. The molecule has 0 heterocycles. The Bertz CT molecular complexity index is 458. The Labute approximate surface area is 104 Å². The SMILES string of the molecule is O=C(NC1CCCC1C(=O)O)c1ccc(F)cc1. The number of carbonyl (C=O) groups excluding carboxylic acids is 1. The number of aliphatic carboxylic acids is 1. The second-order valence-corrected chi connectivity index (χ2v) is 4.46. The van der Waals surface area contributed by atoms with E-state index >= 15 is 0 Å². The monoisotopic (exact) mass is 251 g/mol. The third-order valence-corrected chi connectivity index (χ3v) is 3.26. The molecule has 1 aliphatic carbocycles. The largest absolute Gasteiger partial charge is 0.481 e. The normalized spacial score (nSPS) is 22.7. The van der Waals surface area contributed by atoms with Crippen molar-refractivity contribution in [2.45, 2.75) is 25.3 Å². The van der Waals surface area contributed by atoms with Gasteiger partial charge in [-0.1, -0.05) is 6.42 Å². The first-order valence-corrected chi connectivity index (χ1v) is 5.87. The molecule has 0 aromatic heterocycles. The molecule has 1 aliphatic rings. The zero-order chi connectivity index (χ0) is 13.1. The zero-order valence-electron chi connectivity index (χ0n) is 9.73. The van der Waals surface area contributed by atoms with Gasteiger partial charge in [0, 0.05) is 11.6 Å².